The number of esters is 2. The molecular weight excluding hydrogens is 580 g/mol. The van der Waals surface area contributed by atoms with E-state index in [2.05, 4.69) is 6.58 Å². The fraction of sp³-hybridized carbons (Fsp3) is 0.613. The van der Waals surface area contributed by atoms with E-state index in [1.165, 1.54) is 24.3 Å². The summed E-state index contributed by atoms with van der Waals surface area (Å²) >= 11 is 0. The second-order valence-electron chi connectivity index (χ2n) is 9.56. The number of ether oxygens (including phenoxy) is 7. The zero-order chi connectivity index (χ0) is 33.2. The summed E-state index contributed by atoms with van der Waals surface area (Å²) in [5.41, 5.74) is -0.0237. The zero-order valence-electron chi connectivity index (χ0n) is 26.2. The minimum atomic E-state index is -1.45. The molecule has 0 aromatic heterocycles. The molecule has 1 aromatic carbocycles. The van der Waals surface area contributed by atoms with Gasteiger partial charge in [-0.15, -0.1) is 0 Å². The van der Waals surface area contributed by atoms with Crippen molar-refractivity contribution in [3.05, 3.63) is 47.5 Å². The van der Waals surface area contributed by atoms with Crippen LogP contribution in [0.15, 0.2) is 36.4 Å². The number of unbranched alkanes of at least 4 members (excludes halogenated alkanes) is 2. The van der Waals surface area contributed by atoms with Gasteiger partial charge < -0.3 is 53.0 Å². The SMILES string of the molecule is C=C(C)C(=O)OCCOC(CCCCOC)COC(=O)c1ccccc1C(=O)[O-].COCCCCC(COCC(=O)[O-])OC. The van der Waals surface area contributed by atoms with Gasteiger partial charge in [0.2, 0.25) is 0 Å². The lowest BCUT2D eigenvalue weighted by Crippen LogP contribution is -2.29. The van der Waals surface area contributed by atoms with Crippen LogP contribution in [-0.4, -0.2) is 104 Å². The minimum absolute atomic E-state index is 0.0434. The molecule has 0 heterocycles. The standard InChI is InChI=1S/C21H28O8.C10H20O5/c1-15(2)20(24)28-13-12-27-16(8-6-7-11-26-3)14-29-21(25)18-10-5-4-9-17(18)19(22)23;1-13-6-4-3-5-9(14-2)7-15-8-10(11)12/h4-5,9-10,16H,1,6-8,11-14H2,2-3H3,(H,22,23);9H,3-8H2,1-2H3,(H,11,12)/p-2. The lowest BCUT2D eigenvalue weighted by atomic mass is 10.1. The second kappa shape index (κ2) is 26.1. The summed E-state index contributed by atoms with van der Waals surface area (Å²) in [6.45, 7) is 6.39. The van der Waals surface area contributed by atoms with Gasteiger partial charge in [-0.05, 0) is 51.5 Å². The van der Waals surface area contributed by atoms with Crippen LogP contribution in [0.1, 0.15) is 66.2 Å². The van der Waals surface area contributed by atoms with E-state index in [-0.39, 0.29) is 50.3 Å². The van der Waals surface area contributed by atoms with E-state index in [1.807, 2.05) is 0 Å². The normalized spacial score (nSPS) is 11.9. The van der Waals surface area contributed by atoms with Crippen molar-refractivity contribution in [2.75, 3.05) is 67.6 Å². The summed E-state index contributed by atoms with van der Waals surface area (Å²) in [7, 11) is 4.86. The molecule has 0 saturated heterocycles. The molecule has 0 saturated carbocycles. The summed E-state index contributed by atoms with van der Waals surface area (Å²) < 4.78 is 35.8. The van der Waals surface area contributed by atoms with Gasteiger partial charge in [-0.25, -0.2) is 9.59 Å². The summed E-state index contributed by atoms with van der Waals surface area (Å²) in [5, 5.41) is 21.2. The highest BCUT2D eigenvalue weighted by Crippen LogP contribution is 2.12. The van der Waals surface area contributed by atoms with Gasteiger partial charge in [0.15, 0.2) is 0 Å². The largest absolute Gasteiger partial charge is 0.548 e. The highest BCUT2D eigenvalue weighted by molar-refractivity contribution is 6.01. The minimum Gasteiger partial charge on any atom is -0.548 e. The monoisotopic (exact) mass is 626 g/mol. The van der Waals surface area contributed by atoms with Gasteiger partial charge in [-0.2, -0.15) is 0 Å². The molecule has 250 valence electrons. The van der Waals surface area contributed by atoms with Crippen molar-refractivity contribution in [3.63, 3.8) is 0 Å². The van der Waals surface area contributed by atoms with Crippen molar-refractivity contribution >= 4 is 23.9 Å². The molecule has 0 radical (unpaired) electrons. The van der Waals surface area contributed by atoms with E-state index in [0.29, 0.717) is 18.6 Å². The van der Waals surface area contributed by atoms with E-state index in [4.69, 9.17) is 33.2 Å². The Labute approximate surface area is 259 Å². The van der Waals surface area contributed by atoms with Crippen LogP contribution >= 0.6 is 0 Å². The summed E-state index contributed by atoms with van der Waals surface area (Å²) in [6, 6.07) is 5.67. The molecule has 0 spiro atoms. The number of carbonyl (C=O) groups excluding carboxylic acids is 4. The molecule has 2 atom stereocenters. The molecule has 0 amide bonds. The highest BCUT2D eigenvalue weighted by atomic mass is 16.6. The molecule has 0 aliphatic carbocycles. The molecule has 0 aliphatic heterocycles. The first-order valence-electron chi connectivity index (χ1n) is 14.3. The van der Waals surface area contributed by atoms with Crippen molar-refractivity contribution in [2.45, 2.75) is 57.7 Å². The Morgan fingerprint density at radius 1 is 0.773 bits per heavy atom. The number of carbonyl (C=O) groups is 4. The molecule has 13 heteroatoms. The third-order valence-electron chi connectivity index (χ3n) is 5.89. The predicted molar refractivity (Wildman–Crippen MR) is 155 cm³/mol. The molecule has 0 bridgehead atoms. The molecule has 0 N–H and O–H groups in total. The van der Waals surface area contributed by atoms with Gasteiger partial charge in [0.25, 0.3) is 0 Å². The van der Waals surface area contributed by atoms with Crippen LogP contribution in [0.25, 0.3) is 0 Å². The van der Waals surface area contributed by atoms with E-state index < -0.39 is 30.0 Å². The number of hydrogen-bond acceptors (Lipinski definition) is 13. The van der Waals surface area contributed by atoms with E-state index in [0.717, 1.165) is 38.7 Å². The van der Waals surface area contributed by atoms with Crippen LogP contribution < -0.4 is 10.2 Å². The summed E-state index contributed by atoms with van der Waals surface area (Å²) in [4.78, 5) is 44.9. The molecule has 13 nitrogen and oxygen atoms in total. The van der Waals surface area contributed by atoms with Gasteiger partial charge in [0, 0.05) is 45.7 Å². The average molecular weight is 627 g/mol. The summed E-state index contributed by atoms with van der Waals surface area (Å²) in [6.07, 6.45) is 4.47. The third-order valence-corrected chi connectivity index (χ3v) is 5.89. The Morgan fingerprint density at radius 3 is 1.89 bits per heavy atom. The first kappa shape index (κ1) is 40.6. The van der Waals surface area contributed by atoms with E-state index in [1.54, 1.807) is 28.3 Å². The topological polar surface area (TPSA) is 179 Å². The maximum Gasteiger partial charge on any atom is 0.338 e. The maximum atomic E-state index is 12.3. The van der Waals surface area contributed by atoms with E-state index >= 15 is 0 Å². The molecule has 0 aliphatic rings. The first-order chi connectivity index (χ1) is 21.1. The number of carboxylic acids is 2. The first-order valence-corrected chi connectivity index (χ1v) is 14.3. The fourth-order valence-corrected chi connectivity index (χ4v) is 3.55. The van der Waals surface area contributed by atoms with Crippen LogP contribution in [0.2, 0.25) is 0 Å². The fourth-order valence-electron chi connectivity index (χ4n) is 3.55. The molecular formula is C31H46O13-2. The number of benzene rings is 1. The summed E-state index contributed by atoms with van der Waals surface area (Å²) in [5.74, 6) is -3.94. The van der Waals surface area contributed by atoms with Gasteiger partial charge in [0.1, 0.15) is 13.2 Å². The zero-order valence-corrected chi connectivity index (χ0v) is 26.2. The number of rotatable bonds is 24. The van der Waals surface area contributed by atoms with Crippen LogP contribution in [0.3, 0.4) is 0 Å². The highest BCUT2D eigenvalue weighted by Gasteiger charge is 2.17. The Kier molecular flexibility index (Phi) is 24.1. The van der Waals surface area contributed by atoms with Crippen LogP contribution in [0.4, 0.5) is 0 Å². The van der Waals surface area contributed by atoms with Crippen LogP contribution in [-0.2, 0) is 42.7 Å². The molecule has 44 heavy (non-hydrogen) atoms. The van der Waals surface area contributed by atoms with Crippen LogP contribution in [0.5, 0.6) is 0 Å². The number of methoxy groups -OCH3 is 3. The smallest absolute Gasteiger partial charge is 0.338 e. The Morgan fingerprint density at radius 2 is 1.36 bits per heavy atom. The average Bonchev–Trinajstić information content (AvgIpc) is 3.00. The number of aromatic carboxylic acids is 1. The number of hydrogen-bond donors (Lipinski definition) is 0. The molecule has 2 unspecified atom stereocenters. The Balaban J connectivity index is 0.00000104. The van der Waals surface area contributed by atoms with Crippen molar-refractivity contribution in [2.24, 2.45) is 0 Å². The van der Waals surface area contributed by atoms with Gasteiger partial charge in [-0.1, -0.05) is 24.8 Å². The van der Waals surface area contributed by atoms with Gasteiger partial charge >= 0.3 is 11.9 Å². The lowest BCUT2D eigenvalue weighted by Gasteiger charge is -2.19. The Hall–Kier alpha value is -3.36. The quantitative estimate of drug-likeness (QED) is 0.0906. The lowest BCUT2D eigenvalue weighted by molar-refractivity contribution is -0.310. The van der Waals surface area contributed by atoms with Crippen molar-refractivity contribution in [3.8, 4) is 0 Å². The third kappa shape index (κ3) is 20.5. The molecule has 0 fully saturated rings. The molecule has 1 rings (SSSR count). The van der Waals surface area contributed by atoms with Crippen molar-refractivity contribution in [1.29, 1.82) is 0 Å². The van der Waals surface area contributed by atoms with Crippen molar-refractivity contribution < 1.29 is 62.5 Å². The Bertz CT molecular complexity index is 979. The van der Waals surface area contributed by atoms with Gasteiger partial charge in [0.05, 0.1) is 49.5 Å². The second-order valence-corrected chi connectivity index (χ2v) is 9.56. The van der Waals surface area contributed by atoms with Crippen LogP contribution in [0, 0.1) is 0 Å². The van der Waals surface area contributed by atoms with E-state index in [9.17, 15) is 29.4 Å². The number of aliphatic carboxylic acids is 1. The maximum absolute atomic E-state index is 12.3. The van der Waals surface area contributed by atoms with Gasteiger partial charge in [-0.3, -0.25) is 0 Å². The molecule has 1 aromatic rings. The number of carboxylic acid groups (broad SMARTS) is 2. The van der Waals surface area contributed by atoms with Crippen molar-refractivity contribution in [1.82, 2.24) is 0 Å². The predicted octanol–water partition coefficient (Wildman–Crippen LogP) is 1.11.